The summed E-state index contributed by atoms with van der Waals surface area (Å²) in [4.78, 5) is 2.48. The SMILES string of the molecule is CCc1ccc(S(=O)(=O)N2CCSC(c3cccs3)CC2)s1. The van der Waals surface area contributed by atoms with Gasteiger partial charge in [0.15, 0.2) is 0 Å². The Hall–Kier alpha value is -0.340. The van der Waals surface area contributed by atoms with E-state index in [1.807, 2.05) is 17.8 Å². The van der Waals surface area contributed by atoms with Gasteiger partial charge in [0, 0.05) is 33.8 Å². The summed E-state index contributed by atoms with van der Waals surface area (Å²) in [5.74, 6) is 0.855. The molecule has 0 radical (unpaired) electrons. The molecular formula is C15H19NO2S4. The van der Waals surface area contributed by atoms with Crippen LogP contribution in [0.4, 0.5) is 0 Å². The van der Waals surface area contributed by atoms with Crippen molar-refractivity contribution in [2.45, 2.75) is 29.2 Å². The zero-order valence-electron chi connectivity index (χ0n) is 12.4. The van der Waals surface area contributed by atoms with E-state index in [0.29, 0.717) is 22.5 Å². The van der Waals surface area contributed by atoms with Crippen LogP contribution in [0.3, 0.4) is 0 Å². The molecule has 0 amide bonds. The summed E-state index contributed by atoms with van der Waals surface area (Å²) >= 11 is 5.04. The predicted octanol–water partition coefficient (Wildman–Crippen LogP) is 4.24. The normalized spacial score (nSPS) is 20.9. The Morgan fingerprint density at radius 2 is 2.14 bits per heavy atom. The second-order valence-corrected chi connectivity index (χ2v) is 10.8. The second kappa shape index (κ2) is 7.05. The third-order valence-corrected chi connectivity index (χ3v) is 9.78. The average Bonchev–Trinajstić information content (AvgIpc) is 3.15. The lowest BCUT2D eigenvalue weighted by molar-refractivity contribution is 0.430. The van der Waals surface area contributed by atoms with Crippen molar-refractivity contribution in [3.8, 4) is 0 Å². The quantitative estimate of drug-likeness (QED) is 0.804. The summed E-state index contributed by atoms with van der Waals surface area (Å²) in [6.07, 6.45) is 1.77. The number of aryl methyl sites for hydroxylation is 1. The first kappa shape index (κ1) is 16.5. The van der Waals surface area contributed by atoms with Gasteiger partial charge in [-0.2, -0.15) is 16.1 Å². The second-order valence-electron chi connectivity index (χ2n) is 5.14. The molecule has 3 rings (SSSR count). The summed E-state index contributed by atoms with van der Waals surface area (Å²) in [7, 11) is -3.32. The molecule has 3 nitrogen and oxygen atoms in total. The summed E-state index contributed by atoms with van der Waals surface area (Å²) in [5.41, 5.74) is 0. The molecule has 0 bridgehead atoms. The standard InChI is InChI=1S/C15H19NO2S4/c1-2-12-5-6-15(21-12)22(17,18)16-8-7-14(20-11-9-16)13-4-3-10-19-13/h3-6,10,14H,2,7-9,11H2,1H3. The van der Waals surface area contributed by atoms with Gasteiger partial charge in [-0.15, -0.1) is 22.7 Å². The van der Waals surface area contributed by atoms with Crippen molar-refractivity contribution in [1.29, 1.82) is 0 Å². The number of hydrogen-bond acceptors (Lipinski definition) is 5. The van der Waals surface area contributed by atoms with Crippen molar-refractivity contribution in [2.24, 2.45) is 0 Å². The molecule has 0 saturated carbocycles. The molecular weight excluding hydrogens is 354 g/mol. The zero-order valence-corrected chi connectivity index (χ0v) is 15.7. The third-order valence-electron chi connectivity index (χ3n) is 3.74. The highest BCUT2D eigenvalue weighted by Gasteiger charge is 2.29. The molecule has 7 heteroatoms. The minimum atomic E-state index is -3.32. The summed E-state index contributed by atoms with van der Waals surface area (Å²) < 4.78 is 27.7. The molecule has 0 aliphatic carbocycles. The van der Waals surface area contributed by atoms with Gasteiger partial charge in [0.1, 0.15) is 4.21 Å². The molecule has 120 valence electrons. The van der Waals surface area contributed by atoms with Gasteiger partial charge in [-0.1, -0.05) is 13.0 Å². The highest BCUT2D eigenvalue weighted by atomic mass is 32.2. The van der Waals surface area contributed by atoms with E-state index in [1.165, 1.54) is 16.2 Å². The monoisotopic (exact) mass is 373 g/mol. The number of hydrogen-bond donors (Lipinski definition) is 0. The molecule has 2 aromatic rings. The molecule has 1 saturated heterocycles. The van der Waals surface area contributed by atoms with Crippen molar-refractivity contribution in [3.63, 3.8) is 0 Å². The van der Waals surface area contributed by atoms with Crippen molar-refractivity contribution >= 4 is 44.5 Å². The van der Waals surface area contributed by atoms with Crippen molar-refractivity contribution in [1.82, 2.24) is 4.31 Å². The maximum absolute atomic E-state index is 12.8. The molecule has 0 aromatic carbocycles. The smallest absolute Gasteiger partial charge is 0.206 e. The Morgan fingerprint density at radius 1 is 1.27 bits per heavy atom. The fraction of sp³-hybridized carbons (Fsp3) is 0.467. The van der Waals surface area contributed by atoms with Gasteiger partial charge in [-0.05, 0) is 36.4 Å². The Kier molecular flexibility index (Phi) is 5.29. The fourth-order valence-electron chi connectivity index (χ4n) is 2.51. The zero-order chi connectivity index (χ0) is 15.6. The van der Waals surface area contributed by atoms with Crippen LogP contribution >= 0.6 is 34.4 Å². The molecule has 0 N–H and O–H groups in total. The highest BCUT2D eigenvalue weighted by Crippen LogP contribution is 2.38. The Labute approximate surface area is 144 Å². The van der Waals surface area contributed by atoms with Crippen molar-refractivity contribution in [2.75, 3.05) is 18.8 Å². The average molecular weight is 374 g/mol. The number of thioether (sulfide) groups is 1. The lowest BCUT2D eigenvalue weighted by Gasteiger charge is -2.18. The van der Waals surface area contributed by atoms with E-state index >= 15 is 0 Å². The van der Waals surface area contributed by atoms with E-state index in [9.17, 15) is 8.42 Å². The van der Waals surface area contributed by atoms with E-state index in [4.69, 9.17) is 0 Å². The molecule has 0 spiro atoms. The number of thiophene rings is 2. The molecule has 1 atom stereocenters. The lowest BCUT2D eigenvalue weighted by Crippen LogP contribution is -2.32. The first-order valence-corrected chi connectivity index (χ1v) is 11.5. The highest BCUT2D eigenvalue weighted by molar-refractivity contribution is 7.99. The van der Waals surface area contributed by atoms with Gasteiger partial charge in [0.2, 0.25) is 0 Å². The summed E-state index contributed by atoms with van der Waals surface area (Å²) in [6, 6.07) is 7.91. The topological polar surface area (TPSA) is 37.4 Å². The van der Waals surface area contributed by atoms with E-state index in [1.54, 1.807) is 21.7 Å². The maximum Gasteiger partial charge on any atom is 0.252 e. The van der Waals surface area contributed by atoms with E-state index in [0.717, 1.165) is 23.5 Å². The first-order chi connectivity index (χ1) is 10.6. The lowest BCUT2D eigenvalue weighted by atomic mass is 10.2. The van der Waals surface area contributed by atoms with Crippen LogP contribution in [-0.4, -0.2) is 31.6 Å². The molecule has 2 aromatic heterocycles. The molecule has 22 heavy (non-hydrogen) atoms. The van der Waals surface area contributed by atoms with Gasteiger partial charge in [0.25, 0.3) is 10.0 Å². The molecule has 3 heterocycles. The minimum Gasteiger partial charge on any atom is -0.206 e. The van der Waals surface area contributed by atoms with Crippen LogP contribution in [0.25, 0.3) is 0 Å². The molecule has 1 fully saturated rings. The van der Waals surface area contributed by atoms with Crippen LogP contribution in [0.2, 0.25) is 0 Å². The van der Waals surface area contributed by atoms with Crippen LogP contribution in [0.15, 0.2) is 33.9 Å². The van der Waals surface area contributed by atoms with Gasteiger partial charge in [0.05, 0.1) is 0 Å². The fourth-order valence-corrected chi connectivity index (χ4v) is 7.76. The first-order valence-electron chi connectivity index (χ1n) is 7.35. The Morgan fingerprint density at radius 3 is 2.82 bits per heavy atom. The number of nitrogens with zero attached hydrogens (tertiary/aromatic N) is 1. The van der Waals surface area contributed by atoms with E-state index in [2.05, 4.69) is 24.4 Å². The number of rotatable bonds is 4. The predicted molar refractivity (Wildman–Crippen MR) is 96.6 cm³/mol. The maximum atomic E-state index is 12.8. The molecule has 1 aliphatic rings. The van der Waals surface area contributed by atoms with Gasteiger partial charge < -0.3 is 0 Å². The van der Waals surface area contributed by atoms with Crippen molar-refractivity contribution in [3.05, 3.63) is 39.4 Å². The van der Waals surface area contributed by atoms with Crippen LogP contribution < -0.4 is 0 Å². The summed E-state index contributed by atoms with van der Waals surface area (Å²) in [5, 5.41) is 2.52. The van der Waals surface area contributed by atoms with Crippen molar-refractivity contribution < 1.29 is 8.42 Å². The van der Waals surface area contributed by atoms with E-state index in [-0.39, 0.29) is 0 Å². The van der Waals surface area contributed by atoms with Gasteiger partial charge in [-0.25, -0.2) is 8.42 Å². The van der Waals surface area contributed by atoms with Crippen LogP contribution in [0, 0.1) is 0 Å². The largest absolute Gasteiger partial charge is 0.252 e. The minimum absolute atomic E-state index is 0.426. The van der Waals surface area contributed by atoms with Crippen LogP contribution in [0.5, 0.6) is 0 Å². The van der Waals surface area contributed by atoms with Gasteiger partial charge >= 0.3 is 0 Å². The third kappa shape index (κ3) is 3.43. The molecule has 1 unspecified atom stereocenters. The molecule has 1 aliphatic heterocycles. The summed E-state index contributed by atoms with van der Waals surface area (Å²) in [6.45, 7) is 3.27. The van der Waals surface area contributed by atoms with Crippen LogP contribution in [-0.2, 0) is 16.4 Å². The van der Waals surface area contributed by atoms with Crippen LogP contribution in [0.1, 0.15) is 28.3 Å². The Balaban J connectivity index is 1.75. The van der Waals surface area contributed by atoms with E-state index < -0.39 is 10.0 Å². The number of sulfonamides is 1. The Bertz CT molecular complexity index is 706. The van der Waals surface area contributed by atoms with Gasteiger partial charge in [-0.3, -0.25) is 0 Å².